The third-order valence-corrected chi connectivity index (χ3v) is 4.92. The Morgan fingerprint density at radius 3 is 2.95 bits per heavy atom. The molecule has 1 aliphatic rings. The maximum Gasteiger partial charge on any atom is 0.303 e. The first-order valence-electron chi connectivity index (χ1n) is 7.27. The number of aliphatic carboxylic acids is 1. The minimum Gasteiger partial charge on any atom is -0.481 e. The molecule has 110 valence electrons. The Hall–Kier alpha value is -0.870. The van der Waals surface area contributed by atoms with Gasteiger partial charge >= 0.3 is 5.97 Å². The number of aryl methyl sites for hydroxylation is 1. The normalized spacial score (nSPS) is 20.0. The van der Waals surface area contributed by atoms with Gasteiger partial charge in [-0.2, -0.15) is 0 Å². The molecule has 0 radical (unpaired) electrons. The zero-order valence-corrected chi connectivity index (χ0v) is 13.5. The van der Waals surface area contributed by atoms with Gasteiger partial charge in [-0.3, -0.25) is 9.69 Å². The number of hydrogen-bond acceptors (Lipinski definition) is 2. The lowest BCUT2D eigenvalue weighted by atomic mass is 9.97. The highest BCUT2D eigenvalue weighted by molar-refractivity contribution is 9.10. The van der Waals surface area contributed by atoms with Crippen molar-refractivity contribution in [1.82, 2.24) is 4.90 Å². The average molecular weight is 340 g/mol. The van der Waals surface area contributed by atoms with Crippen molar-refractivity contribution in [1.29, 1.82) is 0 Å². The van der Waals surface area contributed by atoms with Crippen LogP contribution in [0.2, 0.25) is 0 Å². The van der Waals surface area contributed by atoms with Crippen molar-refractivity contribution >= 4 is 21.9 Å². The number of carboxylic acid groups (broad SMARTS) is 1. The number of carbonyl (C=O) groups is 1. The van der Waals surface area contributed by atoms with Crippen LogP contribution >= 0.6 is 15.9 Å². The SMILES string of the molecule is Cc1ccc(CN2CCCCC2CCC(=O)O)cc1Br. The fraction of sp³-hybridized carbons (Fsp3) is 0.562. The largest absolute Gasteiger partial charge is 0.481 e. The van der Waals surface area contributed by atoms with Crippen LogP contribution in [0.15, 0.2) is 22.7 Å². The predicted octanol–water partition coefficient (Wildman–Crippen LogP) is 3.98. The minimum atomic E-state index is -0.686. The Kier molecular flexibility index (Phi) is 5.61. The highest BCUT2D eigenvalue weighted by Gasteiger charge is 2.23. The Balaban J connectivity index is 2.00. The number of benzene rings is 1. The highest BCUT2D eigenvalue weighted by atomic mass is 79.9. The molecule has 0 amide bonds. The van der Waals surface area contributed by atoms with Gasteiger partial charge in [0.25, 0.3) is 0 Å². The van der Waals surface area contributed by atoms with Crippen LogP contribution in [0.3, 0.4) is 0 Å². The minimum absolute atomic E-state index is 0.277. The zero-order valence-electron chi connectivity index (χ0n) is 11.9. The molecule has 1 saturated heterocycles. The molecule has 1 unspecified atom stereocenters. The lowest BCUT2D eigenvalue weighted by Crippen LogP contribution is -2.39. The van der Waals surface area contributed by atoms with Crippen molar-refractivity contribution < 1.29 is 9.90 Å². The van der Waals surface area contributed by atoms with Crippen LogP contribution in [0, 0.1) is 6.92 Å². The predicted molar refractivity (Wildman–Crippen MR) is 83.8 cm³/mol. The molecule has 1 atom stereocenters. The summed E-state index contributed by atoms with van der Waals surface area (Å²) in [7, 11) is 0. The molecule has 0 spiro atoms. The van der Waals surface area contributed by atoms with Crippen molar-refractivity contribution in [3.05, 3.63) is 33.8 Å². The molecule has 0 saturated carbocycles. The van der Waals surface area contributed by atoms with Gasteiger partial charge in [0.2, 0.25) is 0 Å². The number of rotatable bonds is 5. The third kappa shape index (κ3) is 4.32. The van der Waals surface area contributed by atoms with Gasteiger partial charge in [-0.05, 0) is 49.9 Å². The van der Waals surface area contributed by atoms with Gasteiger partial charge < -0.3 is 5.11 Å². The fourth-order valence-electron chi connectivity index (χ4n) is 2.85. The van der Waals surface area contributed by atoms with E-state index in [4.69, 9.17) is 5.11 Å². The second kappa shape index (κ2) is 7.23. The third-order valence-electron chi connectivity index (χ3n) is 4.06. The van der Waals surface area contributed by atoms with Crippen LogP contribution in [-0.4, -0.2) is 28.6 Å². The Morgan fingerprint density at radius 2 is 2.25 bits per heavy atom. The number of piperidine rings is 1. The van der Waals surface area contributed by atoms with E-state index >= 15 is 0 Å². The van der Waals surface area contributed by atoms with Crippen LogP contribution in [0.4, 0.5) is 0 Å². The molecular formula is C16H22BrNO2. The lowest BCUT2D eigenvalue weighted by molar-refractivity contribution is -0.137. The van der Waals surface area contributed by atoms with E-state index in [2.05, 4.69) is 46.0 Å². The number of carboxylic acids is 1. The maximum atomic E-state index is 10.8. The standard InChI is InChI=1S/C16H22BrNO2/c1-12-5-6-13(10-15(12)17)11-18-9-3-2-4-14(18)7-8-16(19)20/h5-6,10,14H,2-4,7-9,11H2,1H3,(H,19,20). The van der Waals surface area contributed by atoms with Gasteiger partial charge in [-0.1, -0.05) is 34.5 Å². The summed E-state index contributed by atoms with van der Waals surface area (Å²) >= 11 is 3.58. The average Bonchev–Trinajstić information content (AvgIpc) is 2.42. The van der Waals surface area contributed by atoms with Crippen LogP contribution < -0.4 is 0 Å². The Labute approximate surface area is 129 Å². The summed E-state index contributed by atoms with van der Waals surface area (Å²) < 4.78 is 1.15. The molecule has 0 bridgehead atoms. The molecule has 1 N–H and O–H groups in total. The second-order valence-electron chi connectivity index (χ2n) is 5.64. The van der Waals surface area contributed by atoms with Crippen molar-refractivity contribution in [3.8, 4) is 0 Å². The van der Waals surface area contributed by atoms with Gasteiger partial charge in [0, 0.05) is 23.5 Å². The van der Waals surface area contributed by atoms with E-state index < -0.39 is 5.97 Å². The van der Waals surface area contributed by atoms with Gasteiger partial charge in [-0.25, -0.2) is 0 Å². The van der Waals surface area contributed by atoms with Gasteiger partial charge in [0.1, 0.15) is 0 Å². The van der Waals surface area contributed by atoms with E-state index in [1.54, 1.807) is 0 Å². The van der Waals surface area contributed by atoms with Gasteiger partial charge in [0.15, 0.2) is 0 Å². The van der Waals surface area contributed by atoms with E-state index in [1.165, 1.54) is 24.0 Å². The Morgan fingerprint density at radius 1 is 1.45 bits per heavy atom. The molecular weight excluding hydrogens is 318 g/mol. The van der Waals surface area contributed by atoms with Crippen LogP contribution in [0.1, 0.15) is 43.2 Å². The van der Waals surface area contributed by atoms with E-state index in [1.807, 2.05) is 0 Å². The molecule has 1 fully saturated rings. The first-order chi connectivity index (χ1) is 9.56. The molecule has 0 aromatic heterocycles. The molecule has 1 heterocycles. The molecule has 2 rings (SSSR count). The zero-order chi connectivity index (χ0) is 14.5. The molecule has 1 aliphatic heterocycles. The van der Waals surface area contributed by atoms with Crippen molar-refractivity contribution in [3.63, 3.8) is 0 Å². The number of likely N-dealkylation sites (tertiary alicyclic amines) is 1. The molecule has 4 heteroatoms. The summed E-state index contributed by atoms with van der Waals surface area (Å²) in [4.78, 5) is 13.2. The first-order valence-corrected chi connectivity index (χ1v) is 8.06. The number of hydrogen-bond donors (Lipinski definition) is 1. The van der Waals surface area contributed by atoms with Crippen molar-refractivity contribution in [2.45, 2.75) is 51.6 Å². The first kappa shape index (κ1) is 15.5. The maximum absolute atomic E-state index is 10.8. The van der Waals surface area contributed by atoms with E-state index in [0.717, 1.165) is 30.4 Å². The second-order valence-corrected chi connectivity index (χ2v) is 6.49. The quantitative estimate of drug-likeness (QED) is 0.882. The Bertz CT molecular complexity index is 476. The van der Waals surface area contributed by atoms with E-state index in [-0.39, 0.29) is 6.42 Å². The molecule has 1 aromatic carbocycles. The number of halogens is 1. The van der Waals surface area contributed by atoms with E-state index in [9.17, 15) is 4.79 Å². The summed E-state index contributed by atoms with van der Waals surface area (Å²) in [6.07, 6.45) is 4.61. The van der Waals surface area contributed by atoms with Crippen LogP contribution in [-0.2, 0) is 11.3 Å². The molecule has 1 aromatic rings. The van der Waals surface area contributed by atoms with Crippen LogP contribution in [0.25, 0.3) is 0 Å². The van der Waals surface area contributed by atoms with Crippen molar-refractivity contribution in [2.75, 3.05) is 6.54 Å². The molecule has 3 nitrogen and oxygen atoms in total. The van der Waals surface area contributed by atoms with Gasteiger partial charge in [0.05, 0.1) is 0 Å². The summed E-state index contributed by atoms with van der Waals surface area (Å²) in [5.41, 5.74) is 2.54. The van der Waals surface area contributed by atoms with Crippen molar-refractivity contribution in [2.24, 2.45) is 0 Å². The molecule has 0 aliphatic carbocycles. The number of nitrogens with zero attached hydrogens (tertiary/aromatic N) is 1. The van der Waals surface area contributed by atoms with Crippen LogP contribution in [0.5, 0.6) is 0 Å². The fourth-order valence-corrected chi connectivity index (χ4v) is 3.28. The smallest absolute Gasteiger partial charge is 0.303 e. The summed E-state index contributed by atoms with van der Waals surface area (Å²) in [5.74, 6) is -0.686. The summed E-state index contributed by atoms with van der Waals surface area (Å²) in [5, 5.41) is 8.86. The van der Waals surface area contributed by atoms with Gasteiger partial charge in [-0.15, -0.1) is 0 Å². The van der Waals surface area contributed by atoms with E-state index in [0.29, 0.717) is 6.04 Å². The summed E-state index contributed by atoms with van der Waals surface area (Å²) in [6.45, 7) is 4.09. The topological polar surface area (TPSA) is 40.5 Å². The monoisotopic (exact) mass is 339 g/mol. The molecule has 20 heavy (non-hydrogen) atoms. The summed E-state index contributed by atoms with van der Waals surface area (Å²) in [6, 6.07) is 6.90. The highest BCUT2D eigenvalue weighted by Crippen LogP contribution is 2.25. The lowest BCUT2D eigenvalue weighted by Gasteiger charge is -2.35.